The highest BCUT2D eigenvalue weighted by atomic mass is 19.1. The molecule has 1 aliphatic rings. The second-order valence-electron chi connectivity index (χ2n) is 7.07. The molecule has 148 valence electrons. The minimum absolute atomic E-state index is 0.0308. The summed E-state index contributed by atoms with van der Waals surface area (Å²) >= 11 is 0. The molecule has 1 aromatic carbocycles. The minimum Gasteiger partial charge on any atom is -0.373 e. The zero-order valence-electron chi connectivity index (χ0n) is 15.7. The summed E-state index contributed by atoms with van der Waals surface area (Å²) < 4.78 is 33.7. The molecule has 9 heteroatoms. The Balaban J connectivity index is 1.43. The first kappa shape index (κ1) is 18.5. The molecular weight excluding hydrogens is 368 g/mol. The lowest BCUT2D eigenvalue weighted by atomic mass is 10.1. The third kappa shape index (κ3) is 3.62. The van der Waals surface area contributed by atoms with Crippen molar-refractivity contribution in [2.45, 2.75) is 39.4 Å². The number of rotatable bonds is 4. The van der Waals surface area contributed by atoms with Gasteiger partial charge in [0.15, 0.2) is 0 Å². The predicted molar refractivity (Wildman–Crippen MR) is 99.5 cm³/mol. The summed E-state index contributed by atoms with van der Waals surface area (Å²) in [5.74, 6) is -0.228. The molecule has 0 atom stereocenters. The normalized spacial score (nSPS) is 15.5. The van der Waals surface area contributed by atoms with Crippen molar-refractivity contribution in [3.63, 3.8) is 0 Å². The lowest BCUT2D eigenvalue weighted by Gasteiger charge is -2.33. The Bertz CT molecular complexity index is 1050. The van der Waals surface area contributed by atoms with Crippen LogP contribution in [0.4, 0.5) is 14.5 Å². The number of nitrogens with one attached hydrogen (secondary N) is 1. The summed E-state index contributed by atoms with van der Waals surface area (Å²) in [6.07, 6.45) is 1.39. The van der Waals surface area contributed by atoms with E-state index < -0.39 is 11.6 Å². The van der Waals surface area contributed by atoms with E-state index in [-0.39, 0.29) is 18.3 Å². The van der Waals surface area contributed by atoms with E-state index in [1.807, 2.05) is 11.8 Å². The van der Waals surface area contributed by atoms with E-state index in [4.69, 9.17) is 4.74 Å². The van der Waals surface area contributed by atoms with E-state index in [1.165, 1.54) is 16.6 Å². The second-order valence-corrected chi connectivity index (χ2v) is 7.07. The van der Waals surface area contributed by atoms with Crippen LogP contribution in [-0.2, 0) is 11.3 Å². The number of anilines is 1. The number of nitrogens with zero attached hydrogens (tertiary/aromatic N) is 4. The number of aromatic nitrogens is 4. The minimum atomic E-state index is -0.610. The van der Waals surface area contributed by atoms with Gasteiger partial charge in [0.1, 0.15) is 23.1 Å². The van der Waals surface area contributed by atoms with Crippen LogP contribution in [-0.4, -0.2) is 38.8 Å². The summed E-state index contributed by atoms with van der Waals surface area (Å²) in [5.41, 5.74) is 1.51. The zero-order chi connectivity index (χ0) is 19.8. The van der Waals surface area contributed by atoms with Crippen LogP contribution < -0.4 is 10.5 Å². The van der Waals surface area contributed by atoms with Crippen LogP contribution in [0.2, 0.25) is 0 Å². The van der Waals surface area contributed by atoms with E-state index in [9.17, 15) is 13.6 Å². The molecule has 28 heavy (non-hydrogen) atoms. The molecular formula is C19H21F2N5O2. The quantitative estimate of drug-likeness (QED) is 0.742. The molecule has 0 saturated carbocycles. The van der Waals surface area contributed by atoms with Gasteiger partial charge >= 0.3 is 0 Å². The van der Waals surface area contributed by atoms with Gasteiger partial charge in [-0.3, -0.25) is 9.89 Å². The maximum atomic E-state index is 13.3. The highest BCUT2D eigenvalue weighted by Crippen LogP contribution is 2.22. The van der Waals surface area contributed by atoms with Gasteiger partial charge in [0.05, 0.1) is 18.4 Å². The number of ether oxygens (including phenoxy) is 1. The van der Waals surface area contributed by atoms with Gasteiger partial charge in [0, 0.05) is 19.2 Å². The topological polar surface area (TPSA) is 75.5 Å². The van der Waals surface area contributed by atoms with Crippen molar-refractivity contribution < 1.29 is 13.5 Å². The largest absolute Gasteiger partial charge is 0.373 e. The molecule has 7 nitrogen and oxygen atoms in total. The SMILES string of the molecule is Cc1nc2nc(C)c(N3CCC(OCc4cc(F)cc(F)c4)CC3)c(=O)n2[nH]1. The summed E-state index contributed by atoms with van der Waals surface area (Å²) in [5, 5.41) is 2.91. The average Bonchev–Trinajstić information content (AvgIpc) is 3.01. The number of fused-ring (bicyclic) bond motifs is 1. The van der Waals surface area contributed by atoms with Gasteiger partial charge in [-0.05, 0) is 44.4 Å². The number of hydrogen-bond donors (Lipinski definition) is 1. The van der Waals surface area contributed by atoms with Crippen LogP contribution in [0.3, 0.4) is 0 Å². The molecule has 0 radical (unpaired) electrons. The zero-order valence-corrected chi connectivity index (χ0v) is 15.7. The fraction of sp³-hybridized carbons (Fsp3) is 0.421. The van der Waals surface area contributed by atoms with Gasteiger partial charge in [-0.25, -0.2) is 13.8 Å². The number of aryl methyl sites for hydroxylation is 2. The standard InChI is InChI=1S/C19H21F2N5O2/c1-11-17(18(27)26-19(22-11)23-12(2)24-26)25-5-3-16(4-6-25)28-10-13-7-14(20)9-15(21)8-13/h7-9,16H,3-6,10H2,1-2H3,(H,22,23,24). The fourth-order valence-electron chi connectivity index (χ4n) is 3.64. The van der Waals surface area contributed by atoms with Gasteiger partial charge in [-0.2, -0.15) is 9.50 Å². The van der Waals surface area contributed by atoms with E-state index >= 15 is 0 Å². The first-order valence-electron chi connectivity index (χ1n) is 9.18. The third-order valence-corrected chi connectivity index (χ3v) is 4.92. The maximum absolute atomic E-state index is 13.3. The molecule has 3 aromatic rings. The van der Waals surface area contributed by atoms with Crippen molar-refractivity contribution in [2.24, 2.45) is 0 Å². The Morgan fingerprint density at radius 1 is 1.14 bits per heavy atom. The van der Waals surface area contributed by atoms with Gasteiger partial charge in [-0.1, -0.05) is 0 Å². The first-order chi connectivity index (χ1) is 13.4. The van der Waals surface area contributed by atoms with Crippen molar-refractivity contribution in [2.75, 3.05) is 18.0 Å². The van der Waals surface area contributed by atoms with Crippen molar-refractivity contribution >= 4 is 11.5 Å². The molecule has 0 amide bonds. The molecule has 0 unspecified atom stereocenters. The molecule has 1 aliphatic heterocycles. The van der Waals surface area contributed by atoms with Gasteiger partial charge < -0.3 is 9.64 Å². The van der Waals surface area contributed by atoms with Gasteiger partial charge in [0.25, 0.3) is 11.3 Å². The molecule has 1 N–H and O–H groups in total. The van der Waals surface area contributed by atoms with E-state index in [0.717, 1.165) is 6.07 Å². The third-order valence-electron chi connectivity index (χ3n) is 4.92. The number of halogens is 2. The maximum Gasteiger partial charge on any atom is 0.297 e. The van der Waals surface area contributed by atoms with Crippen LogP contribution in [0.1, 0.15) is 29.9 Å². The van der Waals surface area contributed by atoms with Crippen LogP contribution in [0.25, 0.3) is 5.78 Å². The smallest absolute Gasteiger partial charge is 0.297 e. The molecule has 0 bridgehead atoms. The lowest BCUT2D eigenvalue weighted by Crippen LogP contribution is -2.41. The number of benzene rings is 1. The Hall–Kier alpha value is -2.81. The molecule has 0 spiro atoms. The van der Waals surface area contributed by atoms with Gasteiger partial charge in [-0.15, -0.1) is 0 Å². The molecule has 1 fully saturated rings. The fourth-order valence-corrected chi connectivity index (χ4v) is 3.64. The molecule has 4 rings (SSSR count). The van der Waals surface area contributed by atoms with Crippen LogP contribution in [0.5, 0.6) is 0 Å². The van der Waals surface area contributed by atoms with Crippen LogP contribution in [0.15, 0.2) is 23.0 Å². The van der Waals surface area contributed by atoms with Crippen molar-refractivity contribution in [3.05, 3.63) is 57.3 Å². The molecule has 2 aromatic heterocycles. The Labute approximate surface area is 160 Å². The number of hydrogen-bond acceptors (Lipinski definition) is 5. The molecule has 1 saturated heterocycles. The van der Waals surface area contributed by atoms with E-state index in [1.54, 1.807) is 6.92 Å². The first-order valence-corrected chi connectivity index (χ1v) is 9.18. The van der Waals surface area contributed by atoms with Crippen molar-refractivity contribution in [3.8, 4) is 0 Å². The van der Waals surface area contributed by atoms with Crippen LogP contribution >= 0.6 is 0 Å². The van der Waals surface area contributed by atoms with Crippen molar-refractivity contribution in [1.82, 2.24) is 19.6 Å². The number of aromatic amines is 1. The summed E-state index contributed by atoms with van der Waals surface area (Å²) in [7, 11) is 0. The average molecular weight is 389 g/mol. The second kappa shape index (κ2) is 7.31. The van der Waals surface area contributed by atoms with E-state index in [0.29, 0.717) is 54.5 Å². The predicted octanol–water partition coefficient (Wildman–Crippen LogP) is 2.50. The molecule has 3 heterocycles. The lowest BCUT2D eigenvalue weighted by molar-refractivity contribution is 0.0248. The Kier molecular flexibility index (Phi) is 4.84. The summed E-state index contributed by atoms with van der Waals surface area (Å²) in [6, 6.07) is 3.39. The molecule has 0 aliphatic carbocycles. The number of piperidine rings is 1. The Morgan fingerprint density at radius 3 is 2.50 bits per heavy atom. The van der Waals surface area contributed by atoms with Crippen molar-refractivity contribution in [1.29, 1.82) is 0 Å². The summed E-state index contributed by atoms with van der Waals surface area (Å²) in [6.45, 7) is 5.01. The monoisotopic (exact) mass is 389 g/mol. The highest BCUT2D eigenvalue weighted by molar-refractivity contribution is 5.52. The van der Waals surface area contributed by atoms with E-state index in [2.05, 4.69) is 15.1 Å². The highest BCUT2D eigenvalue weighted by Gasteiger charge is 2.25. The Morgan fingerprint density at radius 2 is 1.82 bits per heavy atom. The van der Waals surface area contributed by atoms with Crippen LogP contribution in [0, 0.1) is 25.5 Å². The summed E-state index contributed by atoms with van der Waals surface area (Å²) in [4.78, 5) is 23.5. The number of H-pyrrole nitrogens is 1. The van der Waals surface area contributed by atoms with Gasteiger partial charge in [0.2, 0.25) is 0 Å².